The van der Waals surface area contributed by atoms with Crippen molar-refractivity contribution in [2.75, 3.05) is 5.32 Å². The Morgan fingerprint density at radius 1 is 0.935 bits per heavy atom. The summed E-state index contributed by atoms with van der Waals surface area (Å²) < 4.78 is 54.1. The third-order valence-corrected chi connectivity index (χ3v) is 5.33. The average molecular weight is 490 g/mol. The lowest BCUT2D eigenvalue weighted by Crippen LogP contribution is -2.34. The average Bonchev–Trinajstić information content (AvgIpc) is 2.70. The van der Waals surface area contributed by atoms with Crippen molar-refractivity contribution in [1.82, 2.24) is 10.3 Å². The van der Waals surface area contributed by atoms with Crippen LogP contribution in [0.15, 0.2) is 52.5 Å². The summed E-state index contributed by atoms with van der Waals surface area (Å²) in [5, 5.41) is 4.44. The number of anilines is 1. The molecule has 0 aliphatic rings. The minimum atomic E-state index is -1.55. The molecule has 0 radical (unpaired) electrons. The van der Waals surface area contributed by atoms with Crippen molar-refractivity contribution in [2.45, 2.75) is 9.92 Å². The Labute approximate surface area is 186 Å². The second-order valence-corrected chi connectivity index (χ2v) is 7.63. The van der Waals surface area contributed by atoms with Gasteiger partial charge in [0.15, 0.2) is 23.3 Å². The number of urea groups is 1. The maximum atomic E-state index is 13.8. The molecule has 3 aromatic rings. The monoisotopic (exact) mass is 489 g/mol. The zero-order valence-electron chi connectivity index (χ0n) is 15.0. The highest BCUT2D eigenvalue weighted by atomic mass is 35.5. The Hall–Kier alpha value is -2.82. The molecule has 3 rings (SSSR count). The number of amides is 3. The molecule has 1 heterocycles. The molecule has 2 aromatic carbocycles. The van der Waals surface area contributed by atoms with E-state index in [1.165, 1.54) is 30.3 Å². The zero-order valence-corrected chi connectivity index (χ0v) is 17.3. The molecule has 0 bridgehead atoms. The van der Waals surface area contributed by atoms with Gasteiger partial charge in [0.1, 0.15) is 5.03 Å². The summed E-state index contributed by atoms with van der Waals surface area (Å²) in [6, 6.07) is 6.11. The molecule has 0 saturated carbocycles. The maximum Gasteiger partial charge on any atom is 0.326 e. The first-order chi connectivity index (χ1) is 14.7. The van der Waals surface area contributed by atoms with Gasteiger partial charge in [0.25, 0.3) is 5.91 Å². The Morgan fingerprint density at radius 3 is 2.10 bits per heavy atom. The second-order valence-electron chi connectivity index (χ2n) is 5.79. The van der Waals surface area contributed by atoms with Crippen molar-refractivity contribution < 1.29 is 27.2 Å². The van der Waals surface area contributed by atoms with Crippen LogP contribution in [-0.2, 0) is 0 Å². The molecular weight excluding hydrogens is 481 g/mol. The number of benzene rings is 2. The van der Waals surface area contributed by atoms with E-state index in [1.807, 2.05) is 5.32 Å². The first kappa shape index (κ1) is 22.9. The van der Waals surface area contributed by atoms with Gasteiger partial charge >= 0.3 is 6.03 Å². The quantitative estimate of drug-likeness (QED) is 0.345. The predicted molar refractivity (Wildman–Crippen MR) is 108 cm³/mol. The van der Waals surface area contributed by atoms with Crippen molar-refractivity contribution in [2.24, 2.45) is 0 Å². The van der Waals surface area contributed by atoms with Crippen LogP contribution in [0.25, 0.3) is 0 Å². The summed E-state index contributed by atoms with van der Waals surface area (Å²) in [6.07, 6.45) is 1.11. The fourth-order valence-electron chi connectivity index (χ4n) is 2.30. The van der Waals surface area contributed by atoms with E-state index in [-0.39, 0.29) is 32.4 Å². The van der Waals surface area contributed by atoms with Gasteiger partial charge in [-0.05, 0) is 24.3 Å². The lowest BCUT2D eigenvalue weighted by Gasteiger charge is -2.09. The van der Waals surface area contributed by atoms with Crippen LogP contribution in [0.1, 0.15) is 10.4 Å². The van der Waals surface area contributed by atoms with E-state index in [0.717, 1.165) is 6.20 Å². The topological polar surface area (TPSA) is 71.1 Å². The largest absolute Gasteiger partial charge is 0.326 e. The van der Waals surface area contributed by atoms with Crippen molar-refractivity contribution in [3.05, 3.63) is 81.5 Å². The molecule has 0 aliphatic heterocycles. The van der Waals surface area contributed by atoms with Crippen LogP contribution in [0, 0.1) is 23.3 Å². The summed E-state index contributed by atoms with van der Waals surface area (Å²) in [5.74, 6) is -7.03. The fourth-order valence-corrected chi connectivity index (χ4v) is 3.70. The van der Waals surface area contributed by atoms with Gasteiger partial charge in [0.05, 0.1) is 32.4 Å². The number of imide groups is 1. The molecule has 0 spiro atoms. The van der Waals surface area contributed by atoms with Gasteiger partial charge < -0.3 is 5.32 Å². The number of nitrogens with zero attached hydrogens (tertiary/aromatic N) is 1. The number of hydrogen-bond acceptors (Lipinski definition) is 4. The van der Waals surface area contributed by atoms with Gasteiger partial charge in [0.2, 0.25) is 0 Å². The van der Waals surface area contributed by atoms with Crippen LogP contribution in [-0.4, -0.2) is 16.9 Å². The van der Waals surface area contributed by atoms with Crippen molar-refractivity contribution in [3.8, 4) is 0 Å². The van der Waals surface area contributed by atoms with E-state index in [1.54, 1.807) is 0 Å². The summed E-state index contributed by atoms with van der Waals surface area (Å²) >= 11 is 12.2. The van der Waals surface area contributed by atoms with Crippen LogP contribution >= 0.6 is 35.0 Å². The normalized spacial score (nSPS) is 10.6. The van der Waals surface area contributed by atoms with Gasteiger partial charge in [-0.15, -0.1) is 0 Å². The van der Waals surface area contributed by atoms with Crippen LogP contribution < -0.4 is 10.6 Å². The van der Waals surface area contributed by atoms with E-state index in [2.05, 4.69) is 10.3 Å². The number of carbonyl (C=O) groups is 2. The highest BCUT2D eigenvalue weighted by Crippen LogP contribution is 2.33. The SMILES string of the molecule is O=C(NC(=O)c1c(Cl)cccc1Cl)Nc1ccc(Sc2c(F)c(F)cc(F)c2F)nc1. The molecule has 12 heteroatoms. The Morgan fingerprint density at radius 2 is 1.55 bits per heavy atom. The fraction of sp³-hybridized carbons (Fsp3) is 0. The molecule has 0 unspecified atom stereocenters. The Bertz CT molecular complexity index is 1130. The number of aromatic nitrogens is 1. The van der Waals surface area contributed by atoms with Crippen LogP contribution in [0.5, 0.6) is 0 Å². The molecule has 3 amide bonds. The number of pyridine rings is 1. The Kier molecular flexibility index (Phi) is 7.04. The molecule has 160 valence electrons. The molecule has 0 aliphatic carbocycles. The van der Waals surface area contributed by atoms with E-state index >= 15 is 0 Å². The van der Waals surface area contributed by atoms with Crippen molar-refractivity contribution in [3.63, 3.8) is 0 Å². The lowest BCUT2D eigenvalue weighted by molar-refractivity contribution is 0.0967. The molecule has 5 nitrogen and oxygen atoms in total. The molecule has 1 aromatic heterocycles. The molecule has 0 atom stereocenters. The number of carbonyl (C=O) groups excluding carboxylic acids is 2. The molecular formula is C19H9Cl2F4N3O2S. The lowest BCUT2D eigenvalue weighted by atomic mass is 10.2. The van der Waals surface area contributed by atoms with Gasteiger partial charge in [-0.2, -0.15) is 0 Å². The summed E-state index contributed by atoms with van der Waals surface area (Å²) in [4.78, 5) is 27.1. The molecule has 31 heavy (non-hydrogen) atoms. The molecule has 0 saturated heterocycles. The Balaban J connectivity index is 1.67. The van der Waals surface area contributed by atoms with Crippen LogP contribution in [0.3, 0.4) is 0 Å². The van der Waals surface area contributed by atoms with Gasteiger partial charge in [-0.1, -0.05) is 41.0 Å². The number of rotatable bonds is 4. The van der Waals surface area contributed by atoms with Gasteiger partial charge in [0, 0.05) is 6.07 Å². The first-order valence-corrected chi connectivity index (χ1v) is 9.78. The highest BCUT2D eigenvalue weighted by Gasteiger charge is 2.21. The number of halogens is 6. The van der Waals surface area contributed by atoms with E-state index in [0.29, 0.717) is 11.8 Å². The highest BCUT2D eigenvalue weighted by molar-refractivity contribution is 7.99. The summed E-state index contributed by atoms with van der Waals surface area (Å²) in [7, 11) is 0. The second kappa shape index (κ2) is 9.54. The minimum absolute atomic E-state index is 0.00677. The smallest absolute Gasteiger partial charge is 0.306 e. The van der Waals surface area contributed by atoms with Crippen molar-refractivity contribution >= 4 is 52.6 Å². The maximum absolute atomic E-state index is 13.8. The number of nitrogens with one attached hydrogen (secondary N) is 2. The third kappa shape index (κ3) is 5.27. The standard InChI is InChI=1S/C19H9Cl2F4N3O2S/c20-9-2-1-3-10(21)14(9)18(29)28-19(30)27-8-4-5-13(26-7-8)31-17-15(24)11(22)6-12(23)16(17)25/h1-7H,(H2,27,28,29,30). The van der Waals surface area contributed by atoms with Crippen LogP contribution in [0.4, 0.5) is 28.0 Å². The van der Waals surface area contributed by atoms with E-state index < -0.39 is 40.1 Å². The summed E-state index contributed by atoms with van der Waals surface area (Å²) in [6.45, 7) is 0. The first-order valence-electron chi connectivity index (χ1n) is 8.20. The van der Waals surface area contributed by atoms with E-state index in [9.17, 15) is 27.2 Å². The third-order valence-electron chi connectivity index (χ3n) is 3.69. The van der Waals surface area contributed by atoms with Gasteiger partial charge in [-0.3, -0.25) is 10.1 Å². The molecule has 0 fully saturated rings. The molecule has 2 N–H and O–H groups in total. The van der Waals surface area contributed by atoms with Gasteiger partial charge in [-0.25, -0.2) is 27.3 Å². The minimum Gasteiger partial charge on any atom is -0.306 e. The predicted octanol–water partition coefficient (Wildman–Crippen LogP) is 6.06. The van der Waals surface area contributed by atoms with Crippen molar-refractivity contribution in [1.29, 1.82) is 0 Å². The number of hydrogen-bond donors (Lipinski definition) is 2. The van der Waals surface area contributed by atoms with E-state index in [4.69, 9.17) is 23.2 Å². The summed E-state index contributed by atoms with van der Waals surface area (Å²) in [5.41, 5.74) is 0.0310. The van der Waals surface area contributed by atoms with Crippen LogP contribution in [0.2, 0.25) is 10.0 Å². The zero-order chi connectivity index (χ0) is 22.7.